The number of methoxy groups -OCH3 is 1. The minimum atomic E-state index is 0.00673. The minimum Gasteiger partial charge on any atom is -0.497 e. The highest BCUT2D eigenvalue weighted by Crippen LogP contribution is 2.33. The second kappa shape index (κ2) is 7.66. The fourth-order valence-corrected chi connectivity index (χ4v) is 3.77. The molecule has 1 saturated heterocycles. The Hall–Kier alpha value is -2.08. The molecule has 1 aliphatic rings. The number of amides is 2. The molecule has 1 aromatic heterocycles. The molecule has 128 valence electrons. The van der Waals surface area contributed by atoms with E-state index in [9.17, 15) is 4.79 Å². The average Bonchev–Trinajstić information content (AvgIpc) is 3.24. The number of carbonyl (C=O) groups excluding carboxylic acids is 1. The molecule has 1 atom stereocenters. The maximum atomic E-state index is 12.5. The van der Waals surface area contributed by atoms with Gasteiger partial charge in [-0.15, -0.1) is 11.3 Å². The summed E-state index contributed by atoms with van der Waals surface area (Å²) in [5, 5.41) is 6.15. The molecule has 0 radical (unpaired) electrons. The highest BCUT2D eigenvalue weighted by atomic mass is 32.1. The number of nitrogens with one attached hydrogen (secondary N) is 1. The molecule has 0 saturated carbocycles. The first-order chi connectivity index (χ1) is 11.7. The van der Waals surface area contributed by atoms with E-state index in [1.54, 1.807) is 18.4 Å². The van der Waals surface area contributed by atoms with Crippen LogP contribution >= 0.6 is 11.3 Å². The van der Waals surface area contributed by atoms with Gasteiger partial charge in [-0.25, -0.2) is 9.78 Å². The van der Waals surface area contributed by atoms with Crippen molar-refractivity contribution >= 4 is 17.4 Å². The predicted octanol–water partition coefficient (Wildman–Crippen LogP) is 3.55. The molecule has 2 amide bonds. The quantitative estimate of drug-likeness (QED) is 0.902. The van der Waals surface area contributed by atoms with Gasteiger partial charge in [-0.1, -0.05) is 12.1 Å². The maximum Gasteiger partial charge on any atom is 0.317 e. The summed E-state index contributed by atoms with van der Waals surface area (Å²) in [5.74, 6) is 0.832. The SMILES string of the molecule is COc1cccc(C2CCCN2C(=O)NCCc2csc(C)n2)c1. The van der Waals surface area contributed by atoms with Gasteiger partial charge >= 0.3 is 6.03 Å². The van der Waals surface area contributed by atoms with Crippen molar-refractivity contribution in [3.8, 4) is 5.75 Å². The predicted molar refractivity (Wildman–Crippen MR) is 95.6 cm³/mol. The number of nitrogens with zero attached hydrogens (tertiary/aromatic N) is 2. The van der Waals surface area contributed by atoms with E-state index >= 15 is 0 Å². The zero-order chi connectivity index (χ0) is 16.9. The van der Waals surface area contributed by atoms with Gasteiger partial charge < -0.3 is 15.0 Å². The fourth-order valence-electron chi connectivity index (χ4n) is 3.13. The van der Waals surface area contributed by atoms with Crippen LogP contribution in [0.1, 0.15) is 35.1 Å². The summed E-state index contributed by atoms with van der Waals surface area (Å²) >= 11 is 1.64. The molecular formula is C18H23N3O2S. The molecule has 6 heteroatoms. The Morgan fingerprint density at radius 2 is 2.38 bits per heavy atom. The van der Waals surface area contributed by atoms with Crippen molar-refractivity contribution in [1.29, 1.82) is 0 Å². The van der Waals surface area contributed by atoms with Crippen LogP contribution in [-0.2, 0) is 6.42 Å². The summed E-state index contributed by atoms with van der Waals surface area (Å²) in [7, 11) is 1.67. The molecule has 1 fully saturated rings. The molecule has 0 aliphatic carbocycles. The summed E-state index contributed by atoms with van der Waals surface area (Å²) in [6, 6.07) is 8.13. The van der Waals surface area contributed by atoms with Crippen LogP contribution in [0.5, 0.6) is 5.75 Å². The Labute approximate surface area is 146 Å². The van der Waals surface area contributed by atoms with Gasteiger partial charge in [0, 0.05) is 24.9 Å². The maximum absolute atomic E-state index is 12.5. The molecule has 24 heavy (non-hydrogen) atoms. The number of likely N-dealkylation sites (tertiary alicyclic amines) is 1. The zero-order valence-electron chi connectivity index (χ0n) is 14.1. The number of rotatable bonds is 5. The lowest BCUT2D eigenvalue weighted by Gasteiger charge is -2.25. The van der Waals surface area contributed by atoms with E-state index in [1.165, 1.54) is 0 Å². The smallest absolute Gasteiger partial charge is 0.317 e. The summed E-state index contributed by atoms with van der Waals surface area (Å²) in [5.41, 5.74) is 2.18. The van der Waals surface area contributed by atoms with Gasteiger partial charge in [-0.2, -0.15) is 0 Å². The van der Waals surface area contributed by atoms with Crippen LogP contribution < -0.4 is 10.1 Å². The molecule has 0 bridgehead atoms. The number of carbonyl (C=O) groups is 1. The molecule has 1 N–H and O–H groups in total. The second-order valence-corrected chi connectivity index (χ2v) is 7.03. The van der Waals surface area contributed by atoms with E-state index in [1.807, 2.05) is 30.0 Å². The van der Waals surface area contributed by atoms with Gasteiger partial charge in [-0.3, -0.25) is 0 Å². The fraction of sp³-hybridized carbons (Fsp3) is 0.444. The number of urea groups is 1. The standard InChI is InChI=1S/C18H23N3O2S/c1-13-20-15(12-24-13)8-9-19-18(22)21-10-4-7-17(21)14-5-3-6-16(11-14)23-2/h3,5-6,11-12,17H,4,7-10H2,1-2H3,(H,19,22). The highest BCUT2D eigenvalue weighted by Gasteiger charge is 2.29. The molecule has 1 aromatic carbocycles. The number of hydrogen-bond donors (Lipinski definition) is 1. The number of benzene rings is 1. The van der Waals surface area contributed by atoms with Crippen LogP contribution in [0.15, 0.2) is 29.6 Å². The lowest BCUT2D eigenvalue weighted by atomic mass is 10.0. The summed E-state index contributed by atoms with van der Waals surface area (Å²) < 4.78 is 5.30. The number of ether oxygens (including phenoxy) is 1. The van der Waals surface area contributed by atoms with Crippen LogP contribution in [0.25, 0.3) is 0 Å². The summed E-state index contributed by atoms with van der Waals surface area (Å²) in [4.78, 5) is 18.9. The van der Waals surface area contributed by atoms with Crippen LogP contribution in [0.4, 0.5) is 4.79 Å². The molecule has 2 heterocycles. The highest BCUT2D eigenvalue weighted by molar-refractivity contribution is 7.09. The molecule has 3 rings (SSSR count). The summed E-state index contributed by atoms with van der Waals surface area (Å²) in [6.07, 6.45) is 2.79. The largest absolute Gasteiger partial charge is 0.497 e. The zero-order valence-corrected chi connectivity index (χ0v) is 14.9. The van der Waals surface area contributed by atoms with E-state index in [2.05, 4.69) is 21.7 Å². The molecule has 0 spiro atoms. The third kappa shape index (κ3) is 3.87. The summed E-state index contributed by atoms with van der Waals surface area (Å²) in [6.45, 7) is 3.41. The van der Waals surface area contributed by atoms with Crippen molar-refractivity contribution in [2.24, 2.45) is 0 Å². The number of thiazole rings is 1. The Balaban J connectivity index is 1.58. The number of hydrogen-bond acceptors (Lipinski definition) is 4. The van der Waals surface area contributed by atoms with E-state index in [0.717, 1.165) is 47.8 Å². The van der Waals surface area contributed by atoms with Crippen LogP contribution in [-0.4, -0.2) is 36.1 Å². The van der Waals surface area contributed by atoms with Gasteiger partial charge in [-0.05, 0) is 37.5 Å². The van der Waals surface area contributed by atoms with Gasteiger partial charge in [0.25, 0.3) is 0 Å². The Kier molecular flexibility index (Phi) is 5.35. The lowest BCUT2D eigenvalue weighted by Crippen LogP contribution is -2.40. The van der Waals surface area contributed by atoms with E-state index in [4.69, 9.17) is 4.74 Å². The topological polar surface area (TPSA) is 54.5 Å². The van der Waals surface area contributed by atoms with Crippen molar-refractivity contribution in [2.45, 2.75) is 32.2 Å². The van der Waals surface area contributed by atoms with E-state index in [0.29, 0.717) is 6.54 Å². The number of aryl methyl sites for hydroxylation is 1. The lowest BCUT2D eigenvalue weighted by molar-refractivity contribution is 0.193. The monoisotopic (exact) mass is 345 g/mol. The van der Waals surface area contributed by atoms with Crippen molar-refractivity contribution < 1.29 is 9.53 Å². The Bertz CT molecular complexity index is 701. The van der Waals surface area contributed by atoms with Gasteiger partial charge in [0.05, 0.1) is 23.9 Å². The first-order valence-corrected chi connectivity index (χ1v) is 9.15. The second-order valence-electron chi connectivity index (χ2n) is 5.97. The molecule has 1 aliphatic heterocycles. The van der Waals surface area contributed by atoms with E-state index < -0.39 is 0 Å². The molecule has 1 unspecified atom stereocenters. The van der Waals surface area contributed by atoms with Gasteiger partial charge in [0.15, 0.2) is 0 Å². The van der Waals surface area contributed by atoms with Crippen molar-refractivity contribution in [2.75, 3.05) is 20.2 Å². The Morgan fingerprint density at radius 1 is 1.50 bits per heavy atom. The average molecular weight is 345 g/mol. The minimum absolute atomic E-state index is 0.00673. The van der Waals surface area contributed by atoms with Crippen molar-refractivity contribution in [3.63, 3.8) is 0 Å². The van der Waals surface area contributed by atoms with Crippen LogP contribution in [0.2, 0.25) is 0 Å². The Morgan fingerprint density at radius 3 is 3.12 bits per heavy atom. The first-order valence-electron chi connectivity index (χ1n) is 8.27. The third-order valence-electron chi connectivity index (χ3n) is 4.32. The van der Waals surface area contributed by atoms with Gasteiger partial charge in [0.1, 0.15) is 5.75 Å². The van der Waals surface area contributed by atoms with Gasteiger partial charge in [0.2, 0.25) is 0 Å². The van der Waals surface area contributed by atoms with Crippen LogP contribution in [0.3, 0.4) is 0 Å². The van der Waals surface area contributed by atoms with Crippen molar-refractivity contribution in [3.05, 3.63) is 45.9 Å². The molecule has 2 aromatic rings. The number of aromatic nitrogens is 1. The van der Waals surface area contributed by atoms with Crippen LogP contribution in [0, 0.1) is 6.92 Å². The molecular weight excluding hydrogens is 322 g/mol. The third-order valence-corrected chi connectivity index (χ3v) is 5.14. The van der Waals surface area contributed by atoms with Crippen molar-refractivity contribution in [1.82, 2.24) is 15.2 Å². The first kappa shape index (κ1) is 16.8. The normalized spacial score (nSPS) is 17.1. The van der Waals surface area contributed by atoms with E-state index in [-0.39, 0.29) is 12.1 Å². The molecule has 5 nitrogen and oxygen atoms in total.